The molecule has 1 N–H and O–H groups in total. The van der Waals surface area contributed by atoms with Crippen molar-refractivity contribution in [3.05, 3.63) is 69.7 Å². The Morgan fingerprint density at radius 3 is 2.38 bits per heavy atom. The van der Waals surface area contributed by atoms with E-state index in [0.29, 0.717) is 6.04 Å². The molecule has 1 unspecified atom stereocenters. The summed E-state index contributed by atoms with van der Waals surface area (Å²) in [5, 5.41) is 3.48. The highest BCUT2D eigenvalue weighted by molar-refractivity contribution is 9.10. The van der Waals surface area contributed by atoms with E-state index in [4.69, 9.17) is 0 Å². The molecular weight excluding hydrogens is 322 g/mol. The van der Waals surface area contributed by atoms with Crippen molar-refractivity contribution in [1.82, 2.24) is 5.32 Å². The minimum absolute atomic E-state index is 0.156. The molecule has 0 fully saturated rings. The predicted octanol–water partition coefficient (Wildman–Crippen LogP) is 5.25. The van der Waals surface area contributed by atoms with Crippen LogP contribution in [0.5, 0.6) is 0 Å². The van der Waals surface area contributed by atoms with E-state index in [0.717, 1.165) is 10.9 Å². The number of halogens is 1. The van der Waals surface area contributed by atoms with Crippen molar-refractivity contribution < 1.29 is 0 Å². The highest BCUT2D eigenvalue weighted by Crippen LogP contribution is 2.31. The van der Waals surface area contributed by atoms with Gasteiger partial charge in [0.05, 0.1) is 0 Å². The Kier molecular flexibility index (Phi) is 5.23. The van der Waals surface area contributed by atoms with Gasteiger partial charge in [0.2, 0.25) is 0 Å². The van der Waals surface area contributed by atoms with E-state index < -0.39 is 0 Å². The van der Waals surface area contributed by atoms with E-state index in [1.807, 2.05) is 7.05 Å². The monoisotopic (exact) mass is 345 g/mol. The second-order valence-electron chi connectivity index (χ2n) is 6.51. The Morgan fingerprint density at radius 1 is 1.05 bits per heavy atom. The third kappa shape index (κ3) is 4.18. The van der Waals surface area contributed by atoms with E-state index >= 15 is 0 Å². The number of hydrogen-bond donors (Lipinski definition) is 1. The second-order valence-corrected chi connectivity index (χ2v) is 7.43. The third-order valence-electron chi connectivity index (χ3n) is 3.82. The first kappa shape index (κ1) is 16.3. The number of benzene rings is 2. The minimum Gasteiger partial charge on any atom is -0.313 e. The van der Waals surface area contributed by atoms with Crippen LogP contribution < -0.4 is 5.32 Å². The molecule has 0 aliphatic heterocycles. The fourth-order valence-corrected chi connectivity index (χ4v) is 3.20. The Balaban J connectivity index is 2.34. The van der Waals surface area contributed by atoms with Crippen molar-refractivity contribution in [1.29, 1.82) is 0 Å². The minimum atomic E-state index is 0.156. The van der Waals surface area contributed by atoms with Crippen LogP contribution in [-0.2, 0) is 11.8 Å². The van der Waals surface area contributed by atoms with Crippen LogP contribution in [-0.4, -0.2) is 7.05 Å². The van der Waals surface area contributed by atoms with E-state index in [2.05, 4.69) is 90.5 Å². The summed E-state index contributed by atoms with van der Waals surface area (Å²) in [7, 11) is 2.04. The van der Waals surface area contributed by atoms with Gasteiger partial charge in [-0.15, -0.1) is 0 Å². The molecule has 21 heavy (non-hydrogen) atoms. The summed E-state index contributed by atoms with van der Waals surface area (Å²) in [4.78, 5) is 0. The molecule has 112 valence electrons. The smallest absolute Gasteiger partial charge is 0.0361 e. The summed E-state index contributed by atoms with van der Waals surface area (Å²) in [6.07, 6.45) is 0.989. The van der Waals surface area contributed by atoms with Crippen LogP contribution in [0, 0.1) is 0 Å². The van der Waals surface area contributed by atoms with Crippen LogP contribution >= 0.6 is 15.9 Å². The summed E-state index contributed by atoms with van der Waals surface area (Å²) >= 11 is 3.56. The molecule has 0 saturated heterocycles. The first-order valence-electron chi connectivity index (χ1n) is 7.43. The summed E-state index contributed by atoms with van der Waals surface area (Å²) in [6.45, 7) is 6.83. The Labute approximate surface area is 136 Å². The van der Waals surface area contributed by atoms with Gasteiger partial charge >= 0.3 is 0 Å². The molecule has 0 radical (unpaired) electrons. The Morgan fingerprint density at radius 2 is 1.76 bits per heavy atom. The molecule has 0 saturated carbocycles. The van der Waals surface area contributed by atoms with Crippen molar-refractivity contribution in [3.8, 4) is 0 Å². The zero-order valence-electron chi connectivity index (χ0n) is 13.3. The van der Waals surface area contributed by atoms with Crippen molar-refractivity contribution in [3.63, 3.8) is 0 Å². The fraction of sp³-hybridized carbons (Fsp3) is 0.368. The van der Waals surface area contributed by atoms with Crippen molar-refractivity contribution in [2.75, 3.05) is 7.05 Å². The molecule has 0 aromatic heterocycles. The van der Waals surface area contributed by atoms with Crippen LogP contribution in [0.1, 0.15) is 43.5 Å². The van der Waals surface area contributed by atoms with Gasteiger partial charge in [0.25, 0.3) is 0 Å². The van der Waals surface area contributed by atoms with Crippen LogP contribution in [0.15, 0.2) is 53.0 Å². The maximum Gasteiger partial charge on any atom is 0.0361 e. The third-order valence-corrected chi connectivity index (χ3v) is 4.31. The van der Waals surface area contributed by atoms with Crippen molar-refractivity contribution in [2.24, 2.45) is 0 Å². The van der Waals surface area contributed by atoms with Gasteiger partial charge in [-0.3, -0.25) is 0 Å². The lowest BCUT2D eigenvalue weighted by atomic mass is 9.81. The summed E-state index contributed by atoms with van der Waals surface area (Å²) < 4.78 is 1.14. The number of likely N-dealkylation sites (N-methyl/N-ethyl adjacent to an activating group) is 1. The topological polar surface area (TPSA) is 12.0 Å². The van der Waals surface area contributed by atoms with Gasteiger partial charge in [0, 0.05) is 10.5 Å². The molecule has 2 rings (SSSR count). The van der Waals surface area contributed by atoms with Gasteiger partial charge < -0.3 is 5.32 Å². The van der Waals surface area contributed by atoms with Crippen molar-refractivity contribution in [2.45, 2.75) is 38.6 Å². The normalized spacial score (nSPS) is 13.2. The van der Waals surface area contributed by atoms with E-state index in [9.17, 15) is 0 Å². The molecule has 1 nitrogen and oxygen atoms in total. The molecule has 1 atom stereocenters. The average molecular weight is 346 g/mol. The van der Waals surface area contributed by atoms with Gasteiger partial charge in [-0.2, -0.15) is 0 Å². The van der Waals surface area contributed by atoms with Gasteiger partial charge in [0.1, 0.15) is 0 Å². The summed E-state index contributed by atoms with van der Waals surface area (Å²) in [6, 6.07) is 17.7. The van der Waals surface area contributed by atoms with Gasteiger partial charge in [-0.25, -0.2) is 0 Å². The lowest BCUT2D eigenvalue weighted by Crippen LogP contribution is -2.24. The van der Waals surface area contributed by atoms with Gasteiger partial charge in [0.15, 0.2) is 0 Å². The molecule has 0 aliphatic carbocycles. The first-order valence-corrected chi connectivity index (χ1v) is 8.22. The SMILES string of the molecule is CNC(Cc1cccc(Br)c1)c1ccccc1C(C)(C)C. The first-order chi connectivity index (χ1) is 9.91. The second kappa shape index (κ2) is 6.76. The van der Waals surface area contributed by atoms with Crippen LogP contribution in [0.2, 0.25) is 0 Å². The standard InChI is InChI=1S/C19H24BrN/c1-19(2,3)17-11-6-5-10-16(17)18(21-4)13-14-8-7-9-15(20)12-14/h5-12,18,21H,13H2,1-4H3. The maximum atomic E-state index is 3.56. The highest BCUT2D eigenvalue weighted by Gasteiger charge is 2.21. The van der Waals surface area contributed by atoms with Gasteiger partial charge in [-0.1, -0.05) is 73.1 Å². The molecular formula is C19H24BrN. The van der Waals surface area contributed by atoms with Gasteiger partial charge in [-0.05, 0) is 47.7 Å². The Hall–Kier alpha value is -1.12. The Bertz CT molecular complexity index is 599. The summed E-state index contributed by atoms with van der Waals surface area (Å²) in [5.41, 5.74) is 4.31. The number of nitrogens with one attached hydrogen (secondary N) is 1. The fourth-order valence-electron chi connectivity index (χ4n) is 2.75. The molecule has 2 aromatic rings. The predicted molar refractivity (Wildman–Crippen MR) is 94.8 cm³/mol. The molecule has 0 bridgehead atoms. The zero-order chi connectivity index (χ0) is 15.5. The average Bonchev–Trinajstić information content (AvgIpc) is 2.44. The molecule has 0 aliphatic rings. The van der Waals surface area contributed by atoms with Crippen LogP contribution in [0.4, 0.5) is 0 Å². The molecule has 2 aromatic carbocycles. The molecule has 2 heteroatoms. The van der Waals surface area contributed by atoms with Crippen LogP contribution in [0.3, 0.4) is 0 Å². The van der Waals surface area contributed by atoms with E-state index in [-0.39, 0.29) is 5.41 Å². The summed E-state index contributed by atoms with van der Waals surface area (Å²) in [5.74, 6) is 0. The zero-order valence-corrected chi connectivity index (χ0v) is 14.9. The van der Waals surface area contributed by atoms with E-state index in [1.165, 1.54) is 16.7 Å². The number of rotatable bonds is 4. The lowest BCUT2D eigenvalue weighted by molar-refractivity contribution is 0.539. The van der Waals surface area contributed by atoms with Crippen molar-refractivity contribution >= 4 is 15.9 Å². The molecule has 0 heterocycles. The van der Waals surface area contributed by atoms with Crippen LogP contribution in [0.25, 0.3) is 0 Å². The molecule has 0 amide bonds. The molecule has 0 spiro atoms. The maximum absolute atomic E-state index is 3.56. The highest BCUT2D eigenvalue weighted by atomic mass is 79.9. The quantitative estimate of drug-likeness (QED) is 0.797. The van der Waals surface area contributed by atoms with E-state index in [1.54, 1.807) is 0 Å². The lowest BCUT2D eigenvalue weighted by Gasteiger charge is -2.27. The number of hydrogen-bond acceptors (Lipinski definition) is 1. The largest absolute Gasteiger partial charge is 0.313 e.